The van der Waals surface area contributed by atoms with Gasteiger partial charge in [0, 0.05) is 23.7 Å². The van der Waals surface area contributed by atoms with Gasteiger partial charge in [-0.25, -0.2) is 0 Å². The fourth-order valence-electron chi connectivity index (χ4n) is 3.09. The van der Waals surface area contributed by atoms with Crippen LogP contribution in [-0.4, -0.2) is 16.6 Å². The smallest absolute Gasteiger partial charge is 0.265 e. The van der Waals surface area contributed by atoms with Gasteiger partial charge in [0.1, 0.15) is 5.75 Å². The van der Waals surface area contributed by atoms with E-state index in [4.69, 9.17) is 16.3 Å². The van der Waals surface area contributed by atoms with Crippen molar-refractivity contribution in [3.63, 3.8) is 0 Å². The van der Waals surface area contributed by atoms with Gasteiger partial charge < -0.3 is 14.6 Å². The van der Waals surface area contributed by atoms with Crippen molar-refractivity contribution in [3.05, 3.63) is 93.4 Å². The minimum absolute atomic E-state index is 0.169. The molecule has 0 spiro atoms. The van der Waals surface area contributed by atoms with Gasteiger partial charge in [-0.1, -0.05) is 48.0 Å². The van der Waals surface area contributed by atoms with Crippen LogP contribution in [0, 0.1) is 0 Å². The molecule has 1 atom stereocenters. The van der Waals surface area contributed by atoms with E-state index in [1.54, 1.807) is 18.3 Å². The Kier molecular flexibility index (Phi) is 4.69. The van der Waals surface area contributed by atoms with E-state index < -0.39 is 6.10 Å². The SMILES string of the molecule is O=C(Nc1ccc(=O)n(Cc2ccccc2Cl)c1)C1Cc2ccccc2O1. The average molecular weight is 381 g/mol. The summed E-state index contributed by atoms with van der Waals surface area (Å²) >= 11 is 6.18. The van der Waals surface area contributed by atoms with Crippen LogP contribution in [0.5, 0.6) is 5.75 Å². The van der Waals surface area contributed by atoms with Crippen molar-refractivity contribution < 1.29 is 9.53 Å². The number of amides is 1. The van der Waals surface area contributed by atoms with Gasteiger partial charge in [0.15, 0.2) is 6.10 Å². The number of ether oxygens (including phenoxy) is 1. The summed E-state index contributed by atoms with van der Waals surface area (Å²) < 4.78 is 7.22. The number of carbonyl (C=O) groups is 1. The van der Waals surface area contributed by atoms with Gasteiger partial charge in [0.25, 0.3) is 11.5 Å². The maximum atomic E-state index is 12.5. The van der Waals surface area contributed by atoms with Crippen LogP contribution < -0.4 is 15.6 Å². The van der Waals surface area contributed by atoms with E-state index in [1.807, 2.05) is 42.5 Å². The van der Waals surface area contributed by atoms with Gasteiger partial charge in [0.05, 0.1) is 12.2 Å². The first-order chi connectivity index (χ1) is 13.1. The van der Waals surface area contributed by atoms with Crippen LogP contribution in [0.2, 0.25) is 5.02 Å². The summed E-state index contributed by atoms with van der Waals surface area (Å²) in [5.41, 5.74) is 2.21. The Morgan fingerprint density at radius 2 is 1.89 bits per heavy atom. The Bertz CT molecular complexity index is 1040. The zero-order valence-corrected chi connectivity index (χ0v) is 15.1. The van der Waals surface area contributed by atoms with Crippen molar-refractivity contribution in [2.75, 3.05) is 5.32 Å². The van der Waals surface area contributed by atoms with Crippen LogP contribution in [0.4, 0.5) is 5.69 Å². The number of pyridine rings is 1. The number of anilines is 1. The minimum Gasteiger partial charge on any atom is -0.480 e. The molecular weight excluding hydrogens is 364 g/mol. The minimum atomic E-state index is -0.577. The van der Waals surface area contributed by atoms with Crippen LogP contribution in [0.1, 0.15) is 11.1 Å². The molecule has 5 nitrogen and oxygen atoms in total. The van der Waals surface area contributed by atoms with Gasteiger partial charge in [0.2, 0.25) is 0 Å². The average Bonchev–Trinajstić information content (AvgIpc) is 3.10. The lowest BCUT2D eigenvalue weighted by Gasteiger charge is -2.13. The van der Waals surface area contributed by atoms with Crippen LogP contribution in [0.3, 0.4) is 0 Å². The molecule has 1 aliphatic rings. The third kappa shape index (κ3) is 3.73. The monoisotopic (exact) mass is 380 g/mol. The van der Waals surface area contributed by atoms with Gasteiger partial charge in [-0.05, 0) is 29.3 Å². The first-order valence-corrected chi connectivity index (χ1v) is 8.97. The highest BCUT2D eigenvalue weighted by molar-refractivity contribution is 6.31. The summed E-state index contributed by atoms with van der Waals surface area (Å²) in [7, 11) is 0. The molecule has 2 heterocycles. The molecule has 0 bridgehead atoms. The number of rotatable bonds is 4. The molecule has 0 saturated carbocycles. The number of aromatic nitrogens is 1. The standard InChI is InChI=1S/C21H17ClN2O3/c22-17-7-3-1-6-15(17)12-24-13-16(9-10-20(24)25)23-21(26)19-11-14-5-2-4-8-18(14)27-19/h1-10,13,19H,11-12H2,(H,23,26). The Labute approximate surface area is 161 Å². The van der Waals surface area contributed by atoms with Gasteiger partial charge in [-0.15, -0.1) is 0 Å². The normalized spacial score (nSPS) is 15.1. The third-order valence-corrected chi connectivity index (χ3v) is 4.86. The number of benzene rings is 2. The van der Waals surface area contributed by atoms with Crippen molar-refractivity contribution >= 4 is 23.2 Å². The predicted molar refractivity (Wildman–Crippen MR) is 104 cm³/mol. The summed E-state index contributed by atoms with van der Waals surface area (Å²) in [4.78, 5) is 24.7. The fraction of sp³-hybridized carbons (Fsp3) is 0.143. The molecule has 6 heteroatoms. The topological polar surface area (TPSA) is 60.3 Å². The van der Waals surface area contributed by atoms with E-state index in [2.05, 4.69) is 5.32 Å². The van der Waals surface area contributed by atoms with Crippen LogP contribution >= 0.6 is 11.6 Å². The first-order valence-electron chi connectivity index (χ1n) is 8.59. The zero-order chi connectivity index (χ0) is 18.8. The number of nitrogens with one attached hydrogen (secondary N) is 1. The molecule has 1 amide bonds. The lowest BCUT2D eigenvalue weighted by molar-refractivity contribution is -0.122. The second-order valence-electron chi connectivity index (χ2n) is 6.38. The maximum absolute atomic E-state index is 12.5. The molecule has 0 aliphatic carbocycles. The Hall–Kier alpha value is -3.05. The molecule has 3 aromatic rings. The van der Waals surface area contributed by atoms with Crippen LogP contribution in [-0.2, 0) is 17.8 Å². The Balaban J connectivity index is 1.49. The van der Waals surface area contributed by atoms with Crippen molar-refractivity contribution in [3.8, 4) is 5.75 Å². The van der Waals surface area contributed by atoms with E-state index in [1.165, 1.54) is 10.6 Å². The molecule has 136 valence electrons. The highest BCUT2D eigenvalue weighted by Gasteiger charge is 2.28. The van der Waals surface area contributed by atoms with E-state index in [0.29, 0.717) is 23.7 Å². The molecule has 1 aliphatic heterocycles. The van der Waals surface area contributed by atoms with Gasteiger partial charge >= 0.3 is 0 Å². The Morgan fingerprint density at radius 1 is 1.11 bits per heavy atom. The number of nitrogens with zero attached hydrogens (tertiary/aromatic N) is 1. The molecular formula is C21H17ClN2O3. The second kappa shape index (κ2) is 7.29. The quantitative estimate of drug-likeness (QED) is 0.753. The highest BCUT2D eigenvalue weighted by Crippen LogP contribution is 2.28. The van der Waals surface area contributed by atoms with Crippen LogP contribution in [0.15, 0.2) is 71.7 Å². The number of carbonyl (C=O) groups excluding carboxylic acids is 1. The molecule has 27 heavy (non-hydrogen) atoms. The molecule has 0 saturated heterocycles. The lowest BCUT2D eigenvalue weighted by Crippen LogP contribution is -2.32. The van der Waals surface area contributed by atoms with Crippen molar-refractivity contribution in [1.82, 2.24) is 4.57 Å². The van der Waals surface area contributed by atoms with Gasteiger partial charge in [-0.3, -0.25) is 9.59 Å². The molecule has 1 unspecified atom stereocenters. The van der Waals surface area contributed by atoms with E-state index in [-0.39, 0.29) is 11.5 Å². The van der Waals surface area contributed by atoms with Crippen molar-refractivity contribution in [2.24, 2.45) is 0 Å². The molecule has 2 aromatic carbocycles. The van der Waals surface area contributed by atoms with E-state index >= 15 is 0 Å². The number of para-hydroxylation sites is 1. The predicted octanol–water partition coefficient (Wildman–Crippen LogP) is 3.49. The number of hydrogen-bond donors (Lipinski definition) is 1. The summed E-state index contributed by atoms with van der Waals surface area (Å²) in [6.07, 6.45) is 1.57. The first kappa shape index (κ1) is 17.4. The highest BCUT2D eigenvalue weighted by atomic mass is 35.5. The number of fused-ring (bicyclic) bond motifs is 1. The summed E-state index contributed by atoms with van der Waals surface area (Å²) in [5, 5.41) is 3.42. The van der Waals surface area contributed by atoms with E-state index in [0.717, 1.165) is 16.9 Å². The molecule has 1 aromatic heterocycles. The van der Waals surface area contributed by atoms with Gasteiger partial charge in [-0.2, -0.15) is 0 Å². The maximum Gasteiger partial charge on any atom is 0.265 e. The fourth-order valence-corrected chi connectivity index (χ4v) is 3.29. The van der Waals surface area contributed by atoms with Crippen molar-refractivity contribution in [1.29, 1.82) is 0 Å². The Morgan fingerprint density at radius 3 is 2.70 bits per heavy atom. The van der Waals surface area contributed by atoms with Crippen LogP contribution in [0.25, 0.3) is 0 Å². The number of halogens is 1. The number of hydrogen-bond acceptors (Lipinski definition) is 3. The summed E-state index contributed by atoms with van der Waals surface area (Å²) in [5.74, 6) is 0.496. The summed E-state index contributed by atoms with van der Waals surface area (Å²) in [6.45, 7) is 0.327. The van der Waals surface area contributed by atoms with Crippen molar-refractivity contribution in [2.45, 2.75) is 19.1 Å². The van der Waals surface area contributed by atoms with E-state index in [9.17, 15) is 9.59 Å². The summed E-state index contributed by atoms with van der Waals surface area (Å²) in [6, 6.07) is 18.0. The molecule has 0 fully saturated rings. The third-order valence-electron chi connectivity index (χ3n) is 4.49. The largest absolute Gasteiger partial charge is 0.480 e. The zero-order valence-electron chi connectivity index (χ0n) is 14.4. The lowest BCUT2D eigenvalue weighted by atomic mass is 10.1. The molecule has 4 rings (SSSR count). The molecule has 1 N–H and O–H groups in total. The second-order valence-corrected chi connectivity index (χ2v) is 6.79. The molecule has 0 radical (unpaired) electrons.